The lowest BCUT2D eigenvalue weighted by Gasteiger charge is -2.72. The number of ketones is 1. The fourth-order valence-electron chi connectivity index (χ4n) is 14.9. The number of carbonyl (C=O) groups excluding carboxylic acids is 4. The van der Waals surface area contributed by atoms with E-state index in [0.29, 0.717) is 29.7 Å². The van der Waals surface area contributed by atoms with Crippen LogP contribution in [0, 0.1) is 68.0 Å². The van der Waals surface area contributed by atoms with Crippen LogP contribution in [0.3, 0.4) is 0 Å². The van der Waals surface area contributed by atoms with E-state index in [4.69, 9.17) is 23.4 Å². The van der Waals surface area contributed by atoms with Crippen LogP contribution in [0.2, 0.25) is 5.02 Å². The molecule has 0 aromatic heterocycles. The Morgan fingerprint density at radius 3 is 2.19 bits per heavy atom. The SMILES string of the molecule is [2H]C(CCN)(NC(=O)c1ccc(Cl)cc1)C(=O)NC[C@H](O)[C@@]12CC[C@]3(C)[C@H](CC[C@@H]4[C@@]5(C)CC[C@H](OC(=O)[C@H]6C[C@@H](C(=O)O)C6(C)C)C(C)(C)[C@@H]5CC[C@]43C)C1=C(C(C)C)C(=O)C2. The van der Waals surface area contributed by atoms with Gasteiger partial charge in [-0.3, -0.25) is 24.0 Å². The molecule has 0 saturated heterocycles. The lowest BCUT2D eigenvalue weighted by atomic mass is 9.33. The zero-order chi connectivity index (χ0) is 46.5. The number of carbonyl (C=O) groups is 5. The summed E-state index contributed by atoms with van der Waals surface area (Å²) in [4.78, 5) is 66.7. The number of aliphatic hydroxyl groups is 1. The Morgan fingerprint density at radius 1 is 0.903 bits per heavy atom. The second-order valence-electron chi connectivity index (χ2n) is 22.3. The molecule has 6 aliphatic carbocycles. The number of hydrogen-bond donors (Lipinski definition) is 5. The van der Waals surface area contributed by atoms with Crippen molar-refractivity contribution in [3.05, 3.63) is 46.0 Å². The van der Waals surface area contributed by atoms with Gasteiger partial charge in [0.05, 0.1) is 19.3 Å². The van der Waals surface area contributed by atoms with Crippen molar-refractivity contribution in [2.75, 3.05) is 13.1 Å². The molecule has 1 aromatic rings. The first kappa shape index (κ1) is 45.3. The first-order valence-corrected chi connectivity index (χ1v) is 23.6. The number of halogens is 1. The lowest BCUT2D eigenvalue weighted by Crippen LogP contribution is -2.66. The Balaban J connectivity index is 1.11. The van der Waals surface area contributed by atoms with Crippen molar-refractivity contribution in [2.24, 2.45) is 73.7 Å². The summed E-state index contributed by atoms with van der Waals surface area (Å²) in [7, 11) is 0. The van der Waals surface area contributed by atoms with Gasteiger partial charge in [-0.2, -0.15) is 0 Å². The molecule has 7 rings (SSSR count). The number of benzene rings is 1. The van der Waals surface area contributed by atoms with Gasteiger partial charge in [0.25, 0.3) is 5.91 Å². The van der Waals surface area contributed by atoms with Crippen LogP contribution >= 0.6 is 11.6 Å². The molecular formula is C50H72ClN3O8. The van der Waals surface area contributed by atoms with Crippen LogP contribution < -0.4 is 16.4 Å². The average molecular weight is 880 g/mol. The molecule has 12 heteroatoms. The standard InChI is InChI=1S/C50H72ClN3O8/c1-27(2)39-34(55)25-50(37(56)26-53-42(58)33(18-23-52)54-41(57)28-10-12-29(51)13-11-28)22-21-48(8)30(40(39)50)14-15-36-47(7)19-17-38(46(5,6)35(47)16-20-49(36,48)9)62-44(61)32-24-31(43(59)60)45(32,3)4/h10-13,27,30-33,35-38,56H,14-26,52H2,1-9H3,(H,53,58)(H,54,57)(H,59,60)/t30-,31+,32-,33?,35+,36-,37+,38+,47+,48-,49-,50+/m1/s1/i33D. The third kappa shape index (κ3) is 7.17. The summed E-state index contributed by atoms with van der Waals surface area (Å²) >= 11 is 6.00. The van der Waals surface area contributed by atoms with Crippen LogP contribution in [-0.4, -0.2) is 71.1 Å². The number of allylic oxidation sites excluding steroid dienone is 1. The quantitative estimate of drug-likeness (QED) is 0.130. The maximum Gasteiger partial charge on any atom is 0.309 e. The first-order chi connectivity index (χ1) is 29.2. The van der Waals surface area contributed by atoms with E-state index in [1.54, 1.807) is 12.1 Å². The largest absolute Gasteiger partial charge is 0.481 e. The molecule has 0 radical (unpaired) electrons. The van der Waals surface area contributed by atoms with E-state index in [-0.39, 0.29) is 82.8 Å². The highest BCUT2D eigenvalue weighted by Crippen LogP contribution is 2.77. The van der Waals surface area contributed by atoms with Gasteiger partial charge in [0.2, 0.25) is 5.91 Å². The topological polar surface area (TPSA) is 185 Å². The van der Waals surface area contributed by atoms with Gasteiger partial charge in [-0.1, -0.05) is 79.5 Å². The molecule has 0 aliphatic heterocycles. The molecule has 2 amide bonds. The first-order valence-electron chi connectivity index (χ1n) is 23.7. The minimum absolute atomic E-state index is 0.0219. The second kappa shape index (κ2) is 16.3. The van der Waals surface area contributed by atoms with E-state index in [1.165, 1.54) is 12.1 Å². The summed E-state index contributed by atoms with van der Waals surface area (Å²) in [6, 6.07) is 4.03. The number of carboxylic acids is 1. The highest BCUT2D eigenvalue weighted by molar-refractivity contribution is 6.30. The molecule has 6 aliphatic rings. The van der Waals surface area contributed by atoms with Crippen LogP contribution in [0.25, 0.3) is 0 Å². The molecule has 6 N–H and O–H groups in total. The highest BCUT2D eigenvalue weighted by atomic mass is 35.5. The molecular weight excluding hydrogens is 806 g/mol. The maximum atomic E-state index is 14.2. The smallest absolute Gasteiger partial charge is 0.309 e. The van der Waals surface area contributed by atoms with Crippen LogP contribution in [0.4, 0.5) is 0 Å². The molecule has 1 aromatic carbocycles. The summed E-state index contributed by atoms with van der Waals surface area (Å²) in [6.07, 6.45) is 5.86. The third-order valence-corrected chi connectivity index (χ3v) is 18.9. The number of hydrogen-bond acceptors (Lipinski definition) is 8. The average Bonchev–Trinajstić information content (AvgIpc) is 3.51. The molecule has 0 heterocycles. The maximum absolute atomic E-state index is 14.2. The van der Waals surface area contributed by atoms with Gasteiger partial charge in [0.1, 0.15) is 12.1 Å². The van der Waals surface area contributed by atoms with E-state index in [9.17, 15) is 34.2 Å². The lowest BCUT2D eigenvalue weighted by molar-refractivity contribution is -0.238. The van der Waals surface area contributed by atoms with E-state index < -0.39 is 52.6 Å². The molecule has 62 heavy (non-hydrogen) atoms. The van der Waals surface area contributed by atoms with Crippen molar-refractivity contribution in [3.63, 3.8) is 0 Å². The Hall–Kier alpha value is -3.28. The molecule has 12 atom stereocenters. The van der Waals surface area contributed by atoms with E-state index in [1.807, 2.05) is 13.8 Å². The molecule has 342 valence electrons. The number of aliphatic carboxylic acids is 1. The predicted molar refractivity (Wildman–Crippen MR) is 238 cm³/mol. The summed E-state index contributed by atoms with van der Waals surface area (Å²) in [5.74, 6) is -2.76. The van der Waals surface area contributed by atoms with E-state index in [2.05, 4.69) is 59.1 Å². The van der Waals surface area contributed by atoms with Crippen molar-refractivity contribution in [1.82, 2.24) is 10.6 Å². The van der Waals surface area contributed by atoms with Crippen molar-refractivity contribution < 1.29 is 40.3 Å². The van der Waals surface area contributed by atoms with Gasteiger partial charge in [0.15, 0.2) is 5.78 Å². The molecule has 0 spiro atoms. The van der Waals surface area contributed by atoms with E-state index in [0.717, 1.165) is 56.1 Å². The molecule has 0 bridgehead atoms. The predicted octanol–water partition coefficient (Wildman–Crippen LogP) is 7.90. The molecule has 1 unspecified atom stereocenters. The fraction of sp³-hybridized carbons (Fsp3) is 0.740. The van der Waals surface area contributed by atoms with Crippen LogP contribution in [0.15, 0.2) is 35.4 Å². The number of nitrogens with one attached hydrogen (secondary N) is 2. The number of aliphatic hydroxyl groups excluding tert-OH is 1. The highest BCUT2D eigenvalue weighted by Gasteiger charge is 2.71. The number of amides is 2. The molecule has 11 nitrogen and oxygen atoms in total. The summed E-state index contributed by atoms with van der Waals surface area (Å²) in [5, 5.41) is 27.8. The number of fused-ring (bicyclic) bond motifs is 7. The summed E-state index contributed by atoms with van der Waals surface area (Å²) in [6.45, 7) is 19.5. The van der Waals surface area contributed by atoms with Gasteiger partial charge in [-0.05, 0) is 146 Å². The van der Waals surface area contributed by atoms with Gasteiger partial charge < -0.3 is 31.3 Å². The van der Waals surface area contributed by atoms with Crippen molar-refractivity contribution in [3.8, 4) is 0 Å². The number of Topliss-reactive ketones (excluding diaryl/α,β-unsaturated/α-hetero) is 1. The Bertz CT molecular complexity index is 2070. The molecule has 5 fully saturated rings. The zero-order valence-electron chi connectivity index (χ0n) is 39.4. The van der Waals surface area contributed by atoms with Crippen LogP contribution in [-0.2, 0) is 23.9 Å². The minimum atomic E-state index is -2.10. The van der Waals surface area contributed by atoms with Crippen molar-refractivity contribution in [2.45, 2.75) is 151 Å². The van der Waals surface area contributed by atoms with Crippen LogP contribution in [0.5, 0.6) is 0 Å². The number of ether oxygens (including phenoxy) is 1. The van der Waals surface area contributed by atoms with Gasteiger partial charge in [0, 0.05) is 34.4 Å². The van der Waals surface area contributed by atoms with Gasteiger partial charge >= 0.3 is 11.9 Å². The Labute approximate surface area is 374 Å². The molecule has 5 saturated carbocycles. The zero-order valence-corrected chi connectivity index (χ0v) is 39.2. The van der Waals surface area contributed by atoms with Crippen molar-refractivity contribution in [1.29, 1.82) is 0 Å². The fourth-order valence-corrected chi connectivity index (χ4v) is 15.0. The summed E-state index contributed by atoms with van der Waals surface area (Å²) < 4.78 is 15.4. The Kier molecular flexibility index (Phi) is 11.9. The van der Waals surface area contributed by atoms with Gasteiger partial charge in [-0.15, -0.1) is 0 Å². The normalized spacial score (nSPS) is 38.5. The number of carboxylic acid groups (broad SMARTS) is 1. The van der Waals surface area contributed by atoms with Crippen LogP contribution in [0.1, 0.15) is 145 Å². The Morgan fingerprint density at radius 2 is 1.58 bits per heavy atom. The number of rotatable bonds is 12. The van der Waals surface area contributed by atoms with E-state index >= 15 is 0 Å². The third-order valence-electron chi connectivity index (χ3n) is 18.7. The summed E-state index contributed by atoms with van der Waals surface area (Å²) in [5.41, 5.74) is 5.88. The number of esters is 1. The monoisotopic (exact) mass is 879 g/mol. The second-order valence-corrected chi connectivity index (χ2v) is 22.8. The van der Waals surface area contributed by atoms with Gasteiger partial charge in [-0.25, -0.2) is 0 Å². The van der Waals surface area contributed by atoms with Crippen molar-refractivity contribution >= 4 is 41.1 Å². The number of nitrogens with two attached hydrogens (primary N) is 1. The minimum Gasteiger partial charge on any atom is -0.481 e.